The molecule has 2 aromatic carbocycles. The maximum absolute atomic E-state index is 12.5. The maximum Gasteiger partial charge on any atom is 0.387 e. The number of aliphatic hydroxyl groups is 1. The number of nitrogens with one attached hydrogen (secondary N) is 1. The van der Waals surface area contributed by atoms with Crippen molar-refractivity contribution in [2.75, 3.05) is 0 Å². The van der Waals surface area contributed by atoms with Gasteiger partial charge in [-0.1, -0.05) is 40.2 Å². The van der Waals surface area contributed by atoms with Crippen LogP contribution in [-0.2, 0) is 13.0 Å². The van der Waals surface area contributed by atoms with E-state index in [0.29, 0.717) is 18.5 Å². The molecule has 2 aromatic rings. The molecule has 3 nitrogen and oxygen atoms in total. The van der Waals surface area contributed by atoms with Crippen molar-refractivity contribution in [3.63, 3.8) is 0 Å². The highest BCUT2D eigenvalue weighted by Crippen LogP contribution is 2.32. The Bertz CT molecular complexity index is 696. The Morgan fingerprint density at radius 3 is 2.83 bits per heavy atom. The number of aliphatic hydroxyl groups excluding tert-OH is 1. The zero-order valence-corrected chi connectivity index (χ0v) is 13.8. The first kappa shape index (κ1) is 16.4. The highest BCUT2D eigenvalue weighted by molar-refractivity contribution is 9.10. The summed E-state index contributed by atoms with van der Waals surface area (Å²) in [4.78, 5) is 0. The lowest BCUT2D eigenvalue weighted by molar-refractivity contribution is -0.0505. The Hall–Kier alpha value is -1.50. The molecule has 3 rings (SSSR count). The maximum atomic E-state index is 12.5. The Kier molecular flexibility index (Phi) is 4.94. The molecule has 0 fully saturated rings. The van der Waals surface area contributed by atoms with Crippen LogP contribution < -0.4 is 10.1 Å². The van der Waals surface area contributed by atoms with E-state index >= 15 is 0 Å². The second-order valence-corrected chi connectivity index (χ2v) is 6.38. The SMILES string of the molecule is O[C@H]1Cc2ccccc2[C@H]1NCc1cc(Br)ccc1OC(F)F. The summed E-state index contributed by atoms with van der Waals surface area (Å²) in [6.07, 6.45) is 0.0613. The standard InChI is InChI=1S/C17H16BrF2NO2/c18-12-5-6-15(23-17(19)20)11(7-12)9-21-16-13-4-2-1-3-10(13)8-14(16)22/h1-7,14,16-17,21-22H,8-9H2/t14-,16+/m0/s1. The molecule has 2 N–H and O–H groups in total. The van der Waals surface area contributed by atoms with Gasteiger partial charge in [0, 0.05) is 23.0 Å². The second-order valence-electron chi connectivity index (χ2n) is 5.46. The lowest BCUT2D eigenvalue weighted by Crippen LogP contribution is -2.28. The molecule has 0 saturated heterocycles. The third kappa shape index (κ3) is 3.71. The van der Waals surface area contributed by atoms with Gasteiger partial charge in [-0.25, -0.2) is 0 Å². The van der Waals surface area contributed by atoms with Crippen LogP contribution in [0, 0.1) is 0 Å². The number of benzene rings is 2. The Morgan fingerprint density at radius 2 is 2.04 bits per heavy atom. The van der Waals surface area contributed by atoms with Crippen molar-refractivity contribution < 1.29 is 18.6 Å². The topological polar surface area (TPSA) is 41.5 Å². The quantitative estimate of drug-likeness (QED) is 0.824. The summed E-state index contributed by atoms with van der Waals surface area (Å²) in [7, 11) is 0. The van der Waals surface area contributed by atoms with E-state index in [1.165, 1.54) is 6.07 Å². The summed E-state index contributed by atoms with van der Waals surface area (Å²) in [5.74, 6) is 0.136. The van der Waals surface area contributed by atoms with Crippen LogP contribution in [0.2, 0.25) is 0 Å². The van der Waals surface area contributed by atoms with Crippen LogP contribution in [0.15, 0.2) is 46.9 Å². The first-order valence-electron chi connectivity index (χ1n) is 7.27. The van der Waals surface area contributed by atoms with Gasteiger partial charge in [-0.3, -0.25) is 0 Å². The molecule has 0 spiro atoms. The minimum atomic E-state index is -2.87. The number of hydrogen-bond donors (Lipinski definition) is 2. The van der Waals surface area contributed by atoms with Crippen LogP contribution in [0.25, 0.3) is 0 Å². The van der Waals surface area contributed by atoms with Gasteiger partial charge in [-0.05, 0) is 29.3 Å². The van der Waals surface area contributed by atoms with Crippen molar-refractivity contribution in [2.45, 2.75) is 31.7 Å². The van der Waals surface area contributed by atoms with Crippen molar-refractivity contribution >= 4 is 15.9 Å². The number of rotatable bonds is 5. The highest BCUT2D eigenvalue weighted by atomic mass is 79.9. The molecule has 6 heteroatoms. The molecule has 1 aliphatic rings. The minimum absolute atomic E-state index is 0.136. The molecule has 0 aliphatic heterocycles. The Balaban J connectivity index is 1.77. The van der Waals surface area contributed by atoms with Crippen molar-refractivity contribution in [2.24, 2.45) is 0 Å². The largest absolute Gasteiger partial charge is 0.434 e. The van der Waals surface area contributed by atoms with E-state index in [1.807, 2.05) is 24.3 Å². The van der Waals surface area contributed by atoms with E-state index in [0.717, 1.165) is 15.6 Å². The van der Waals surface area contributed by atoms with Gasteiger partial charge in [0.15, 0.2) is 0 Å². The highest BCUT2D eigenvalue weighted by Gasteiger charge is 2.30. The van der Waals surface area contributed by atoms with Crippen LogP contribution in [0.3, 0.4) is 0 Å². The van der Waals surface area contributed by atoms with Gasteiger partial charge in [0.05, 0.1) is 12.1 Å². The number of hydrogen-bond acceptors (Lipinski definition) is 3. The summed E-state index contributed by atoms with van der Waals surface area (Å²) in [6.45, 7) is -2.55. The van der Waals surface area contributed by atoms with Gasteiger partial charge in [0.1, 0.15) is 5.75 Å². The minimum Gasteiger partial charge on any atom is -0.434 e. The molecule has 122 valence electrons. The average molecular weight is 384 g/mol. The van der Waals surface area contributed by atoms with Gasteiger partial charge in [-0.15, -0.1) is 0 Å². The van der Waals surface area contributed by atoms with E-state index in [-0.39, 0.29) is 11.8 Å². The normalized spacial score (nSPS) is 19.9. The molecule has 0 saturated carbocycles. The molecule has 2 atom stereocenters. The van der Waals surface area contributed by atoms with Gasteiger partial charge < -0.3 is 15.2 Å². The summed E-state index contributed by atoms with van der Waals surface area (Å²) in [6, 6.07) is 12.5. The lowest BCUT2D eigenvalue weighted by atomic mass is 10.1. The predicted molar refractivity (Wildman–Crippen MR) is 86.5 cm³/mol. The molecular weight excluding hydrogens is 368 g/mol. The number of halogens is 3. The monoisotopic (exact) mass is 383 g/mol. The Morgan fingerprint density at radius 1 is 1.26 bits per heavy atom. The molecule has 0 heterocycles. The van der Waals surface area contributed by atoms with Gasteiger partial charge in [-0.2, -0.15) is 8.78 Å². The first-order chi connectivity index (χ1) is 11.0. The van der Waals surface area contributed by atoms with Crippen LogP contribution in [0.4, 0.5) is 8.78 Å². The average Bonchev–Trinajstić information content (AvgIpc) is 2.82. The van der Waals surface area contributed by atoms with E-state index in [4.69, 9.17) is 0 Å². The number of ether oxygens (including phenoxy) is 1. The fraction of sp³-hybridized carbons (Fsp3) is 0.294. The second kappa shape index (κ2) is 6.95. The fourth-order valence-corrected chi connectivity index (χ4v) is 3.35. The van der Waals surface area contributed by atoms with Crippen molar-refractivity contribution in [1.29, 1.82) is 0 Å². The van der Waals surface area contributed by atoms with Gasteiger partial charge >= 0.3 is 6.61 Å². The van der Waals surface area contributed by atoms with Gasteiger partial charge in [0.2, 0.25) is 0 Å². The van der Waals surface area contributed by atoms with E-state index < -0.39 is 12.7 Å². The predicted octanol–water partition coefficient (Wildman–Crippen LogP) is 3.80. The summed E-state index contributed by atoms with van der Waals surface area (Å²) >= 11 is 3.33. The molecule has 0 amide bonds. The number of alkyl halides is 2. The Labute approximate surface area is 141 Å². The molecule has 0 aromatic heterocycles. The van der Waals surface area contributed by atoms with Crippen LogP contribution in [0.1, 0.15) is 22.7 Å². The third-order valence-electron chi connectivity index (χ3n) is 3.95. The van der Waals surface area contributed by atoms with Crippen molar-refractivity contribution in [1.82, 2.24) is 5.32 Å². The molecule has 0 radical (unpaired) electrons. The van der Waals surface area contributed by atoms with Crippen molar-refractivity contribution in [3.05, 3.63) is 63.6 Å². The zero-order valence-electron chi connectivity index (χ0n) is 12.2. The smallest absolute Gasteiger partial charge is 0.387 e. The molecule has 23 heavy (non-hydrogen) atoms. The first-order valence-corrected chi connectivity index (χ1v) is 8.06. The van der Waals surface area contributed by atoms with E-state index in [2.05, 4.69) is 26.0 Å². The molecule has 0 bridgehead atoms. The van der Waals surface area contributed by atoms with E-state index in [1.54, 1.807) is 12.1 Å². The number of fused-ring (bicyclic) bond motifs is 1. The van der Waals surface area contributed by atoms with Crippen LogP contribution in [-0.4, -0.2) is 17.8 Å². The lowest BCUT2D eigenvalue weighted by Gasteiger charge is -2.19. The van der Waals surface area contributed by atoms with E-state index in [9.17, 15) is 13.9 Å². The van der Waals surface area contributed by atoms with Gasteiger partial charge in [0.25, 0.3) is 0 Å². The zero-order chi connectivity index (χ0) is 16.4. The molecular formula is C17H16BrF2NO2. The fourth-order valence-electron chi connectivity index (χ4n) is 2.94. The molecule has 0 unspecified atom stereocenters. The summed E-state index contributed by atoms with van der Waals surface area (Å²) < 4.78 is 30.4. The third-order valence-corrected chi connectivity index (χ3v) is 4.45. The van der Waals surface area contributed by atoms with Crippen LogP contribution >= 0.6 is 15.9 Å². The summed E-state index contributed by atoms with van der Waals surface area (Å²) in [5.41, 5.74) is 2.76. The van der Waals surface area contributed by atoms with Crippen LogP contribution in [0.5, 0.6) is 5.75 Å². The van der Waals surface area contributed by atoms with Crippen molar-refractivity contribution in [3.8, 4) is 5.75 Å². The molecule has 1 aliphatic carbocycles. The summed E-state index contributed by atoms with van der Waals surface area (Å²) in [5, 5.41) is 13.5.